The summed E-state index contributed by atoms with van der Waals surface area (Å²) in [6, 6.07) is 18.1. The second-order valence-electron chi connectivity index (χ2n) is 9.47. The maximum absolute atomic E-state index is 12.2. The first-order valence-electron chi connectivity index (χ1n) is 11.1. The molecule has 4 rings (SSSR count). The molecule has 1 amide bonds. The molecular formula is C26H29N5O2. The largest absolute Gasteiger partial charge is 0.370 e. The van der Waals surface area contributed by atoms with E-state index < -0.39 is 17.2 Å². The average molecular weight is 444 g/mol. The first kappa shape index (κ1) is 22.7. The highest BCUT2D eigenvalue weighted by molar-refractivity contribution is 5.85. The van der Waals surface area contributed by atoms with E-state index in [9.17, 15) is 4.79 Å². The van der Waals surface area contributed by atoms with E-state index in [0.717, 1.165) is 21.9 Å². The number of hydrogen-bond acceptors (Lipinski definition) is 6. The van der Waals surface area contributed by atoms with Crippen LogP contribution in [0.15, 0.2) is 82.4 Å². The van der Waals surface area contributed by atoms with Gasteiger partial charge in [-0.2, -0.15) is 0 Å². The summed E-state index contributed by atoms with van der Waals surface area (Å²) in [6.45, 7) is 5.98. The predicted molar refractivity (Wildman–Crippen MR) is 129 cm³/mol. The third-order valence-electron chi connectivity index (χ3n) is 5.77. The fraction of sp³-hybridized carbons (Fsp3) is 0.346. The summed E-state index contributed by atoms with van der Waals surface area (Å²) in [4.78, 5) is 16.4. The molecule has 2 aromatic carbocycles. The van der Waals surface area contributed by atoms with Crippen LogP contribution in [0, 0.1) is 5.92 Å². The van der Waals surface area contributed by atoms with Gasteiger partial charge in [0.2, 0.25) is 5.91 Å². The number of carbonyl (C=O) groups is 1. The molecule has 1 aliphatic heterocycles. The maximum Gasteiger partial charge on any atom is 0.217 e. The summed E-state index contributed by atoms with van der Waals surface area (Å²) in [7, 11) is 0. The second kappa shape index (κ2) is 9.19. The van der Waals surface area contributed by atoms with Gasteiger partial charge in [-0.25, -0.2) is 0 Å². The van der Waals surface area contributed by atoms with Gasteiger partial charge >= 0.3 is 0 Å². The minimum Gasteiger partial charge on any atom is -0.370 e. The number of hydrogen-bond donors (Lipinski definition) is 1. The van der Waals surface area contributed by atoms with E-state index in [4.69, 9.17) is 10.5 Å². The molecule has 0 spiro atoms. The Morgan fingerprint density at radius 1 is 1.09 bits per heavy atom. The fourth-order valence-corrected chi connectivity index (χ4v) is 4.39. The molecule has 2 N–H and O–H groups in total. The molecular weight excluding hydrogens is 414 g/mol. The molecule has 170 valence electrons. The number of benzene rings is 2. The number of carbonyl (C=O) groups excluding carboxylic acids is 1. The quantitative estimate of drug-likeness (QED) is 0.541. The van der Waals surface area contributed by atoms with E-state index >= 15 is 0 Å². The Morgan fingerprint density at radius 3 is 2.55 bits per heavy atom. The second-order valence-corrected chi connectivity index (χ2v) is 9.47. The van der Waals surface area contributed by atoms with Gasteiger partial charge in [-0.3, -0.25) is 9.78 Å². The van der Waals surface area contributed by atoms with Crippen LogP contribution in [0.1, 0.15) is 38.3 Å². The Bertz CT molecular complexity index is 1170. The molecule has 0 radical (unpaired) electrons. The zero-order chi connectivity index (χ0) is 23.5. The van der Waals surface area contributed by atoms with Crippen LogP contribution in [0.5, 0.6) is 0 Å². The van der Waals surface area contributed by atoms with Gasteiger partial charge in [0.1, 0.15) is 0 Å². The van der Waals surface area contributed by atoms with Crippen LogP contribution in [0.2, 0.25) is 0 Å². The van der Waals surface area contributed by atoms with Crippen molar-refractivity contribution in [3.8, 4) is 0 Å². The lowest BCUT2D eigenvalue weighted by atomic mass is 9.75. The topological polar surface area (TPSA) is 102 Å². The standard InChI is InChI=1S/C26H29N5O2/c1-25(2,3)33-24(21(15-23(27)32)13-18-7-5-4-6-8-18)26(17-29-31-30-26)22-10-9-20-16-28-12-11-19(20)14-22/h4-12,14,16-17,21,24H,13,15H2,1-3H3,(H2,27,32). The van der Waals surface area contributed by atoms with E-state index in [1.165, 1.54) is 0 Å². The summed E-state index contributed by atoms with van der Waals surface area (Å²) in [5, 5.41) is 14.8. The number of nitrogens with two attached hydrogens (primary N) is 1. The first-order chi connectivity index (χ1) is 15.8. The van der Waals surface area contributed by atoms with Gasteiger partial charge in [0.25, 0.3) is 0 Å². The average Bonchev–Trinajstić information content (AvgIpc) is 3.27. The number of rotatable bonds is 8. The minimum atomic E-state index is -0.986. The molecule has 0 fully saturated rings. The smallest absolute Gasteiger partial charge is 0.217 e. The van der Waals surface area contributed by atoms with E-state index in [1.807, 2.05) is 75.5 Å². The normalized spacial score (nSPS) is 19.6. The monoisotopic (exact) mass is 443 g/mol. The van der Waals surface area contributed by atoms with Crippen LogP contribution in [-0.2, 0) is 21.5 Å². The Morgan fingerprint density at radius 2 is 1.88 bits per heavy atom. The van der Waals surface area contributed by atoms with E-state index in [2.05, 4.69) is 26.5 Å². The molecule has 3 unspecified atom stereocenters. The Balaban J connectivity index is 1.84. The molecule has 0 bridgehead atoms. The third kappa shape index (κ3) is 5.14. The van der Waals surface area contributed by atoms with Crippen molar-refractivity contribution >= 4 is 22.9 Å². The fourth-order valence-electron chi connectivity index (χ4n) is 4.39. The Hall–Kier alpha value is -3.45. The summed E-state index contributed by atoms with van der Waals surface area (Å²) >= 11 is 0. The molecule has 0 saturated carbocycles. The molecule has 3 aromatic rings. The molecule has 7 heteroatoms. The number of ether oxygens (including phenoxy) is 1. The Labute approximate surface area is 193 Å². The molecule has 2 heterocycles. The lowest BCUT2D eigenvalue weighted by Gasteiger charge is -2.41. The van der Waals surface area contributed by atoms with Gasteiger partial charge in [0.15, 0.2) is 5.54 Å². The summed E-state index contributed by atoms with van der Waals surface area (Å²) in [6.07, 6.45) is 5.54. The van der Waals surface area contributed by atoms with Crippen molar-refractivity contribution < 1.29 is 9.53 Å². The SMILES string of the molecule is CC(C)(C)OC(C(CC(N)=O)Cc1ccccc1)C1(c2ccc3cnccc3c2)C=NN=N1. The summed E-state index contributed by atoms with van der Waals surface area (Å²) in [5.41, 5.74) is 6.21. The number of primary amides is 1. The third-order valence-corrected chi connectivity index (χ3v) is 5.77. The van der Waals surface area contributed by atoms with Gasteiger partial charge in [-0.05, 0) is 61.1 Å². The number of fused-ring (bicyclic) bond motifs is 1. The highest BCUT2D eigenvalue weighted by Gasteiger charge is 2.48. The predicted octanol–water partition coefficient (Wildman–Crippen LogP) is 4.80. The lowest BCUT2D eigenvalue weighted by molar-refractivity contribution is -0.128. The van der Waals surface area contributed by atoms with Crippen molar-refractivity contribution in [2.75, 3.05) is 0 Å². The van der Waals surface area contributed by atoms with Crippen molar-refractivity contribution in [1.82, 2.24) is 4.98 Å². The minimum absolute atomic E-state index is 0.151. The van der Waals surface area contributed by atoms with Crippen molar-refractivity contribution in [2.45, 2.75) is 50.9 Å². The van der Waals surface area contributed by atoms with Gasteiger partial charge in [-0.15, -0.1) is 10.2 Å². The zero-order valence-corrected chi connectivity index (χ0v) is 19.2. The maximum atomic E-state index is 12.2. The van der Waals surface area contributed by atoms with Crippen LogP contribution in [-0.4, -0.2) is 28.8 Å². The zero-order valence-electron chi connectivity index (χ0n) is 19.2. The molecule has 0 saturated heterocycles. The van der Waals surface area contributed by atoms with Crippen LogP contribution in [0.3, 0.4) is 0 Å². The molecule has 33 heavy (non-hydrogen) atoms. The van der Waals surface area contributed by atoms with E-state index in [-0.39, 0.29) is 18.2 Å². The molecule has 1 aromatic heterocycles. The van der Waals surface area contributed by atoms with Crippen LogP contribution >= 0.6 is 0 Å². The molecule has 3 atom stereocenters. The van der Waals surface area contributed by atoms with Gasteiger partial charge in [0.05, 0.1) is 17.9 Å². The van der Waals surface area contributed by atoms with Gasteiger partial charge < -0.3 is 10.5 Å². The first-order valence-corrected chi connectivity index (χ1v) is 11.1. The molecule has 1 aliphatic rings. The van der Waals surface area contributed by atoms with Gasteiger partial charge in [0, 0.05) is 30.1 Å². The van der Waals surface area contributed by atoms with Crippen LogP contribution in [0.25, 0.3) is 10.8 Å². The van der Waals surface area contributed by atoms with E-state index in [0.29, 0.717) is 6.42 Å². The van der Waals surface area contributed by atoms with Crippen molar-refractivity contribution in [3.05, 3.63) is 78.1 Å². The lowest BCUT2D eigenvalue weighted by Crippen LogP contribution is -2.49. The number of pyridine rings is 1. The van der Waals surface area contributed by atoms with Crippen molar-refractivity contribution in [2.24, 2.45) is 27.1 Å². The van der Waals surface area contributed by atoms with E-state index in [1.54, 1.807) is 12.4 Å². The highest BCUT2D eigenvalue weighted by atomic mass is 16.5. The summed E-state index contributed by atoms with van der Waals surface area (Å²) in [5.74, 6) is -0.634. The summed E-state index contributed by atoms with van der Waals surface area (Å²) < 4.78 is 6.66. The number of amides is 1. The van der Waals surface area contributed by atoms with Gasteiger partial charge in [-0.1, -0.05) is 42.5 Å². The molecule has 0 aliphatic carbocycles. The number of nitrogens with zero attached hydrogens (tertiary/aromatic N) is 4. The van der Waals surface area contributed by atoms with Crippen molar-refractivity contribution in [1.29, 1.82) is 0 Å². The van der Waals surface area contributed by atoms with Crippen LogP contribution < -0.4 is 5.73 Å². The van der Waals surface area contributed by atoms with Crippen LogP contribution in [0.4, 0.5) is 0 Å². The van der Waals surface area contributed by atoms with Crippen molar-refractivity contribution in [3.63, 3.8) is 0 Å². The number of aromatic nitrogens is 1. The molecule has 7 nitrogen and oxygen atoms in total. The Kier molecular flexibility index (Phi) is 6.33. The highest BCUT2D eigenvalue weighted by Crippen LogP contribution is 2.41.